The summed E-state index contributed by atoms with van der Waals surface area (Å²) in [7, 11) is 1.57. The first kappa shape index (κ1) is 23.6. The number of methoxy groups -OCH3 is 1. The Kier molecular flexibility index (Phi) is 7.02. The van der Waals surface area contributed by atoms with E-state index in [4.69, 9.17) is 4.74 Å². The SMILES string of the molecule is COc1ccc([C@@H](NC(=O)CSc2nc(C(F)(F)F)nc3ccccc23)c2ccccc2)cc1. The zero-order valence-corrected chi connectivity index (χ0v) is 18.9. The van der Waals surface area contributed by atoms with Gasteiger partial charge in [0.25, 0.3) is 0 Å². The van der Waals surface area contributed by atoms with E-state index >= 15 is 0 Å². The molecule has 1 atom stereocenters. The minimum Gasteiger partial charge on any atom is -0.497 e. The smallest absolute Gasteiger partial charge is 0.451 e. The molecule has 1 N–H and O–H groups in total. The molecule has 1 amide bonds. The second kappa shape index (κ2) is 10.1. The molecule has 0 spiro atoms. The number of para-hydroxylation sites is 1. The van der Waals surface area contributed by atoms with Gasteiger partial charge >= 0.3 is 6.18 Å². The monoisotopic (exact) mass is 483 g/mol. The van der Waals surface area contributed by atoms with Crippen LogP contribution in [-0.2, 0) is 11.0 Å². The molecular weight excluding hydrogens is 463 g/mol. The van der Waals surface area contributed by atoms with Gasteiger partial charge in [0.15, 0.2) is 0 Å². The van der Waals surface area contributed by atoms with Crippen LogP contribution >= 0.6 is 11.8 Å². The van der Waals surface area contributed by atoms with E-state index in [2.05, 4.69) is 15.3 Å². The molecule has 0 bridgehead atoms. The van der Waals surface area contributed by atoms with E-state index in [0.29, 0.717) is 11.1 Å². The van der Waals surface area contributed by atoms with Gasteiger partial charge < -0.3 is 10.1 Å². The van der Waals surface area contributed by atoms with E-state index < -0.39 is 18.0 Å². The lowest BCUT2D eigenvalue weighted by Crippen LogP contribution is -2.30. The predicted molar refractivity (Wildman–Crippen MR) is 125 cm³/mol. The summed E-state index contributed by atoms with van der Waals surface area (Å²) < 4.78 is 45.0. The predicted octanol–water partition coefficient (Wildman–Crippen LogP) is 5.66. The van der Waals surface area contributed by atoms with Crippen LogP contribution in [0.1, 0.15) is 23.0 Å². The first-order valence-electron chi connectivity index (χ1n) is 10.3. The van der Waals surface area contributed by atoms with Crippen molar-refractivity contribution in [1.82, 2.24) is 15.3 Å². The lowest BCUT2D eigenvalue weighted by Gasteiger charge is -2.20. The molecule has 0 fully saturated rings. The van der Waals surface area contributed by atoms with Crippen molar-refractivity contribution in [2.24, 2.45) is 0 Å². The highest BCUT2D eigenvalue weighted by Crippen LogP contribution is 2.32. The molecule has 0 radical (unpaired) electrons. The number of thioether (sulfide) groups is 1. The topological polar surface area (TPSA) is 64.1 Å². The standard InChI is InChI=1S/C25H20F3N3O2S/c1-33-18-13-11-17(12-14-18)22(16-7-3-2-4-8-16)30-21(32)15-34-23-19-9-5-6-10-20(19)29-24(31-23)25(26,27)28/h2-14,22H,15H2,1H3,(H,30,32)/t22-/m0/s1. The van der Waals surface area contributed by atoms with Crippen molar-refractivity contribution in [3.8, 4) is 5.75 Å². The van der Waals surface area contributed by atoms with Gasteiger partial charge in [-0.25, -0.2) is 9.97 Å². The molecule has 0 unspecified atom stereocenters. The van der Waals surface area contributed by atoms with Gasteiger partial charge in [-0.1, -0.05) is 72.4 Å². The summed E-state index contributed by atoms with van der Waals surface area (Å²) in [5.74, 6) is -0.994. The lowest BCUT2D eigenvalue weighted by molar-refractivity contribution is -0.145. The van der Waals surface area contributed by atoms with Gasteiger partial charge in [-0.05, 0) is 29.3 Å². The third kappa shape index (κ3) is 5.48. The minimum absolute atomic E-state index is 0.105. The van der Waals surface area contributed by atoms with Crippen molar-refractivity contribution < 1.29 is 22.7 Å². The van der Waals surface area contributed by atoms with Gasteiger partial charge in [-0.3, -0.25) is 4.79 Å². The molecule has 0 saturated heterocycles. The van der Waals surface area contributed by atoms with Crippen LogP contribution in [0.25, 0.3) is 10.9 Å². The maximum absolute atomic E-state index is 13.3. The van der Waals surface area contributed by atoms with Crippen LogP contribution in [0.5, 0.6) is 5.75 Å². The number of benzene rings is 3. The van der Waals surface area contributed by atoms with Gasteiger partial charge in [0, 0.05) is 5.39 Å². The van der Waals surface area contributed by atoms with Crippen molar-refractivity contribution >= 4 is 28.6 Å². The van der Waals surface area contributed by atoms with Crippen LogP contribution in [0.15, 0.2) is 83.9 Å². The number of alkyl halides is 3. The molecule has 0 aliphatic heterocycles. The van der Waals surface area contributed by atoms with Crippen molar-refractivity contribution in [1.29, 1.82) is 0 Å². The fraction of sp³-hybridized carbons (Fsp3) is 0.160. The normalized spacial score (nSPS) is 12.4. The number of amides is 1. The molecule has 4 aromatic rings. The number of carbonyl (C=O) groups excluding carboxylic acids is 1. The average molecular weight is 484 g/mol. The van der Waals surface area contributed by atoms with E-state index in [1.807, 2.05) is 42.5 Å². The van der Waals surface area contributed by atoms with E-state index in [-0.39, 0.29) is 22.2 Å². The molecule has 0 saturated carbocycles. The molecule has 1 aromatic heterocycles. The third-order valence-electron chi connectivity index (χ3n) is 5.05. The largest absolute Gasteiger partial charge is 0.497 e. The summed E-state index contributed by atoms with van der Waals surface area (Å²) in [6, 6.07) is 22.7. The van der Waals surface area contributed by atoms with E-state index in [0.717, 1.165) is 22.9 Å². The van der Waals surface area contributed by atoms with Crippen LogP contribution in [0, 0.1) is 0 Å². The van der Waals surface area contributed by atoms with E-state index in [1.54, 1.807) is 37.4 Å². The Morgan fingerprint density at radius 2 is 1.59 bits per heavy atom. The fourth-order valence-corrected chi connectivity index (χ4v) is 4.25. The number of nitrogens with one attached hydrogen (secondary N) is 1. The molecule has 4 rings (SSSR count). The highest BCUT2D eigenvalue weighted by Gasteiger charge is 2.35. The summed E-state index contributed by atoms with van der Waals surface area (Å²) in [4.78, 5) is 20.2. The molecule has 0 aliphatic carbocycles. The lowest BCUT2D eigenvalue weighted by atomic mass is 9.98. The van der Waals surface area contributed by atoms with Crippen molar-refractivity contribution in [2.45, 2.75) is 17.2 Å². The van der Waals surface area contributed by atoms with Crippen molar-refractivity contribution in [3.63, 3.8) is 0 Å². The molecular formula is C25H20F3N3O2S. The number of halogens is 3. The molecule has 3 aromatic carbocycles. The van der Waals surface area contributed by atoms with Crippen LogP contribution in [0.4, 0.5) is 13.2 Å². The maximum atomic E-state index is 13.3. The van der Waals surface area contributed by atoms with E-state index in [1.165, 1.54) is 6.07 Å². The third-order valence-corrected chi connectivity index (χ3v) is 6.04. The Morgan fingerprint density at radius 1 is 0.941 bits per heavy atom. The Labute approximate surface area is 198 Å². The fourth-order valence-electron chi connectivity index (χ4n) is 3.42. The highest BCUT2D eigenvalue weighted by atomic mass is 32.2. The summed E-state index contributed by atoms with van der Waals surface area (Å²) in [6.45, 7) is 0. The Bertz CT molecular complexity index is 1280. The van der Waals surface area contributed by atoms with Crippen LogP contribution in [-0.4, -0.2) is 28.7 Å². The molecule has 34 heavy (non-hydrogen) atoms. The van der Waals surface area contributed by atoms with Crippen molar-refractivity contribution in [3.05, 3.63) is 95.8 Å². The number of nitrogens with zero attached hydrogens (tertiary/aromatic N) is 2. The molecule has 174 valence electrons. The first-order chi connectivity index (χ1) is 16.3. The number of hydrogen-bond acceptors (Lipinski definition) is 5. The van der Waals surface area contributed by atoms with Gasteiger partial charge in [-0.15, -0.1) is 0 Å². The molecule has 1 heterocycles. The second-order valence-corrected chi connectivity index (χ2v) is 8.30. The first-order valence-corrected chi connectivity index (χ1v) is 11.3. The summed E-state index contributed by atoms with van der Waals surface area (Å²) in [6.07, 6.45) is -4.69. The van der Waals surface area contributed by atoms with Crippen LogP contribution in [0.2, 0.25) is 0 Å². The summed E-state index contributed by atoms with van der Waals surface area (Å²) in [5.41, 5.74) is 1.89. The number of rotatable bonds is 7. The Hall–Kier alpha value is -3.59. The van der Waals surface area contributed by atoms with Gasteiger partial charge in [0.05, 0.1) is 24.4 Å². The summed E-state index contributed by atoms with van der Waals surface area (Å²) in [5, 5.41) is 3.55. The van der Waals surface area contributed by atoms with Gasteiger partial charge in [0.1, 0.15) is 10.8 Å². The van der Waals surface area contributed by atoms with Gasteiger partial charge in [-0.2, -0.15) is 13.2 Å². The molecule has 5 nitrogen and oxygen atoms in total. The summed E-state index contributed by atoms with van der Waals surface area (Å²) >= 11 is 0.944. The Morgan fingerprint density at radius 3 is 2.26 bits per heavy atom. The quantitative estimate of drug-likeness (QED) is 0.272. The van der Waals surface area contributed by atoms with Gasteiger partial charge in [0.2, 0.25) is 11.7 Å². The zero-order chi connectivity index (χ0) is 24.1. The second-order valence-electron chi connectivity index (χ2n) is 7.34. The molecule has 9 heteroatoms. The number of hydrogen-bond donors (Lipinski definition) is 1. The number of carbonyl (C=O) groups is 1. The highest BCUT2D eigenvalue weighted by molar-refractivity contribution is 8.00. The number of aromatic nitrogens is 2. The average Bonchev–Trinajstić information content (AvgIpc) is 2.85. The van der Waals surface area contributed by atoms with E-state index in [9.17, 15) is 18.0 Å². The van der Waals surface area contributed by atoms with Crippen molar-refractivity contribution in [2.75, 3.05) is 12.9 Å². The van der Waals surface area contributed by atoms with Crippen LogP contribution in [0.3, 0.4) is 0 Å². The number of fused-ring (bicyclic) bond motifs is 1. The zero-order valence-electron chi connectivity index (χ0n) is 18.0. The van der Waals surface area contributed by atoms with Crippen LogP contribution < -0.4 is 10.1 Å². The number of ether oxygens (including phenoxy) is 1. The maximum Gasteiger partial charge on any atom is 0.451 e. The Balaban J connectivity index is 1.56. The minimum atomic E-state index is -4.69. The molecule has 0 aliphatic rings.